The first-order chi connectivity index (χ1) is 11.8. The third-order valence-corrected chi connectivity index (χ3v) is 5.99. The molecule has 1 aromatic heterocycles. The highest BCUT2D eigenvalue weighted by atomic mass is 32.2. The van der Waals surface area contributed by atoms with Gasteiger partial charge in [-0.2, -0.15) is 0 Å². The Bertz CT molecular complexity index is 894. The van der Waals surface area contributed by atoms with E-state index >= 15 is 0 Å². The van der Waals surface area contributed by atoms with Crippen molar-refractivity contribution in [2.75, 3.05) is 0 Å². The summed E-state index contributed by atoms with van der Waals surface area (Å²) >= 11 is 0. The van der Waals surface area contributed by atoms with Crippen LogP contribution in [0.1, 0.15) is 37.1 Å². The van der Waals surface area contributed by atoms with Crippen LogP contribution in [0.4, 0.5) is 5.69 Å². The van der Waals surface area contributed by atoms with Gasteiger partial charge in [0.1, 0.15) is 5.76 Å². The first-order valence-electron chi connectivity index (χ1n) is 8.03. The molecule has 2 aromatic rings. The number of sulfonamides is 1. The Hall–Kier alpha value is -2.26. The summed E-state index contributed by atoms with van der Waals surface area (Å²) in [5.74, 6) is 0.526. The molecule has 1 heterocycles. The second-order valence-corrected chi connectivity index (χ2v) is 7.92. The van der Waals surface area contributed by atoms with Crippen LogP contribution in [0.5, 0.6) is 0 Å². The molecule has 0 bridgehead atoms. The number of benzene rings is 1. The summed E-state index contributed by atoms with van der Waals surface area (Å²) in [6.07, 6.45) is 3.40. The summed E-state index contributed by atoms with van der Waals surface area (Å²) in [6.45, 7) is 3.44. The molecule has 1 aromatic carbocycles. The number of hydrogen-bond acceptors (Lipinski definition) is 6. The number of nitro benzene ring substituents is 1. The van der Waals surface area contributed by atoms with E-state index in [4.69, 9.17) is 4.52 Å². The monoisotopic (exact) mass is 365 g/mol. The van der Waals surface area contributed by atoms with Crippen LogP contribution in [0.25, 0.3) is 11.1 Å². The lowest BCUT2D eigenvalue weighted by Crippen LogP contribution is -2.33. The summed E-state index contributed by atoms with van der Waals surface area (Å²) in [6, 6.07) is 3.87. The Morgan fingerprint density at radius 2 is 1.96 bits per heavy atom. The highest BCUT2D eigenvalue weighted by molar-refractivity contribution is 7.89. The molecule has 0 atom stereocenters. The quantitative estimate of drug-likeness (QED) is 0.643. The fourth-order valence-corrected chi connectivity index (χ4v) is 4.76. The van der Waals surface area contributed by atoms with E-state index in [-0.39, 0.29) is 10.9 Å². The molecule has 134 valence electrons. The number of aromatic nitrogens is 1. The molecule has 1 aliphatic rings. The van der Waals surface area contributed by atoms with Crippen molar-refractivity contribution >= 4 is 15.7 Å². The van der Waals surface area contributed by atoms with Crippen molar-refractivity contribution in [3.63, 3.8) is 0 Å². The van der Waals surface area contributed by atoms with E-state index in [1.165, 1.54) is 18.2 Å². The molecule has 1 fully saturated rings. The minimum absolute atomic E-state index is 0.174. The predicted molar refractivity (Wildman–Crippen MR) is 90.6 cm³/mol. The first-order valence-corrected chi connectivity index (χ1v) is 9.52. The zero-order valence-electron chi connectivity index (χ0n) is 14.0. The van der Waals surface area contributed by atoms with Crippen molar-refractivity contribution < 1.29 is 17.9 Å². The van der Waals surface area contributed by atoms with Gasteiger partial charge in [0.15, 0.2) is 4.90 Å². The molecule has 0 saturated heterocycles. The van der Waals surface area contributed by atoms with Crippen LogP contribution in [0, 0.1) is 24.0 Å². The molecule has 8 nitrogen and oxygen atoms in total. The molecule has 0 unspecified atom stereocenters. The number of nitrogens with zero attached hydrogens (tertiary/aromatic N) is 2. The molecule has 0 spiro atoms. The molecule has 0 aliphatic heterocycles. The largest absolute Gasteiger partial charge is 0.361 e. The minimum atomic E-state index is -4.00. The van der Waals surface area contributed by atoms with Crippen LogP contribution < -0.4 is 4.72 Å². The molecule has 1 aliphatic carbocycles. The maximum Gasteiger partial charge on any atom is 0.289 e. The van der Waals surface area contributed by atoms with Crippen LogP contribution >= 0.6 is 0 Å². The van der Waals surface area contributed by atoms with E-state index in [2.05, 4.69) is 9.88 Å². The van der Waals surface area contributed by atoms with Crippen LogP contribution in [-0.4, -0.2) is 24.5 Å². The average molecular weight is 365 g/mol. The van der Waals surface area contributed by atoms with Crippen LogP contribution in [0.3, 0.4) is 0 Å². The van der Waals surface area contributed by atoms with Gasteiger partial charge >= 0.3 is 0 Å². The highest BCUT2D eigenvalue weighted by Gasteiger charge is 2.30. The van der Waals surface area contributed by atoms with Gasteiger partial charge in [0.05, 0.1) is 10.6 Å². The van der Waals surface area contributed by atoms with Gasteiger partial charge in [0, 0.05) is 17.7 Å². The van der Waals surface area contributed by atoms with Gasteiger partial charge < -0.3 is 4.52 Å². The Morgan fingerprint density at radius 1 is 1.28 bits per heavy atom. The number of nitrogens with one attached hydrogen (secondary N) is 1. The van der Waals surface area contributed by atoms with E-state index in [1.54, 1.807) is 13.8 Å². The van der Waals surface area contributed by atoms with Gasteiger partial charge in [-0.15, -0.1) is 0 Å². The second-order valence-electron chi connectivity index (χ2n) is 6.24. The average Bonchev–Trinajstić information content (AvgIpc) is 3.16. The standard InChI is InChI=1S/C16H19N3O5S/c1-10-16(11(2)24-17-10)12-7-8-14(19(20)21)15(9-12)25(22,23)18-13-5-3-4-6-13/h7-9,13,18H,3-6H2,1-2H3. The van der Waals surface area contributed by atoms with Crippen molar-refractivity contribution in [1.82, 2.24) is 9.88 Å². The van der Waals surface area contributed by atoms with Gasteiger partial charge in [-0.05, 0) is 44.4 Å². The lowest BCUT2D eigenvalue weighted by Gasteiger charge is -2.13. The van der Waals surface area contributed by atoms with E-state index in [1.807, 2.05) is 0 Å². The van der Waals surface area contributed by atoms with Crippen molar-refractivity contribution in [2.24, 2.45) is 0 Å². The van der Waals surface area contributed by atoms with Gasteiger partial charge in [-0.1, -0.05) is 18.0 Å². The number of hydrogen-bond donors (Lipinski definition) is 1. The smallest absolute Gasteiger partial charge is 0.289 e. The SMILES string of the molecule is Cc1noc(C)c1-c1ccc([N+](=O)[O-])c(S(=O)(=O)NC2CCCC2)c1. The fourth-order valence-electron chi connectivity index (χ4n) is 3.26. The summed E-state index contributed by atoms with van der Waals surface area (Å²) in [5, 5.41) is 15.2. The molecular formula is C16H19N3O5S. The summed E-state index contributed by atoms with van der Waals surface area (Å²) < 4.78 is 33.2. The van der Waals surface area contributed by atoms with Crippen molar-refractivity contribution in [3.8, 4) is 11.1 Å². The van der Waals surface area contributed by atoms with E-state index in [0.717, 1.165) is 25.7 Å². The van der Waals surface area contributed by atoms with Crippen LogP contribution in [0.15, 0.2) is 27.6 Å². The zero-order valence-corrected chi connectivity index (χ0v) is 14.8. The van der Waals surface area contributed by atoms with Crippen LogP contribution in [-0.2, 0) is 10.0 Å². The van der Waals surface area contributed by atoms with Gasteiger partial charge in [-0.25, -0.2) is 13.1 Å². The molecule has 9 heteroatoms. The Labute approximate surface area is 145 Å². The molecule has 0 amide bonds. The van der Waals surface area contributed by atoms with Crippen LogP contribution in [0.2, 0.25) is 0 Å². The number of aryl methyl sites for hydroxylation is 2. The fraction of sp³-hybridized carbons (Fsp3) is 0.438. The number of nitro groups is 1. The Kier molecular flexibility index (Phi) is 4.61. The van der Waals surface area contributed by atoms with Gasteiger partial charge in [-0.3, -0.25) is 10.1 Å². The maximum absolute atomic E-state index is 12.8. The lowest BCUT2D eigenvalue weighted by atomic mass is 10.0. The Morgan fingerprint density at radius 3 is 2.52 bits per heavy atom. The summed E-state index contributed by atoms with van der Waals surface area (Å²) in [5.41, 5.74) is 1.32. The molecule has 3 rings (SSSR count). The van der Waals surface area contributed by atoms with E-state index in [9.17, 15) is 18.5 Å². The summed E-state index contributed by atoms with van der Waals surface area (Å²) in [4.78, 5) is 10.3. The zero-order chi connectivity index (χ0) is 18.2. The molecule has 0 radical (unpaired) electrons. The van der Waals surface area contributed by atoms with Crippen molar-refractivity contribution in [1.29, 1.82) is 0 Å². The minimum Gasteiger partial charge on any atom is -0.361 e. The third-order valence-electron chi connectivity index (χ3n) is 4.45. The number of rotatable bonds is 5. The third kappa shape index (κ3) is 3.42. The lowest BCUT2D eigenvalue weighted by molar-refractivity contribution is -0.387. The molecule has 25 heavy (non-hydrogen) atoms. The molecule has 1 N–H and O–H groups in total. The van der Waals surface area contributed by atoms with E-state index < -0.39 is 20.6 Å². The molecule has 1 saturated carbocycles. The van der Waals surface area contributed by atoms with Gasteiger partial charge in [0.2, 0.25) is 10.0 Å². The van der Waals surface area contributed by atoms with Crippen molar-refractivity contribution in [2.45, 2.75) is 50.5 Å². The van der Waals surface area contributed by atoms with Crippen molar-refractivity contribution in [3.05, 3.63) is 39.8 Å². The van der Waals surface area contributed by atoms with E-state index in [0.29, 0.717) is 22.6 Å². The van der Waals surface area contributed by atoms with Gasteiger partial charge in [0.25, 0.3) is 5.69 Å². The first kappa shape index (κ1) is 17.6. The summed E-state index contributed by atoms with van der Waals surface area (Å²) in [7, 11) is -4.00. The topological polar surface area (TPSA) is 115 Å². The molecular weight excluding hydrogens is 346 g/mol. The Balaban J connectivity index is 2.09. The second kappa shape index (κ2) is 6.57. The maximum atomic E-state index is 12.8. The predicted octanol–water partition coefficient (Wildman–Crippen LogP) is 3.09. The normalized spacial score (nSPS) is 15.6. The highest BCUT2D eigenvalue weighted by Crippen LogP contribution is 2.33.